The summed E-state index contributed by atoms with van der Waals surface area (Å²) in [4.78, 5) is 24.2. The SMILES string of the molecule is COc1cc(/C=N/NC(=O)COc2ccc(Cl)cc2)ccc1OC(=O)c1cccc(Br)c1. The number of halogens is 2. The summed E-state index contributed by atoms with van der Waals surface area (Å²) in [5, 5.41) is 4.48. The number of hydrazone groups is 1. The van der Waals surface area contributed by atoms with Gasteiger partial charge in [-0.25, -0.2) is 10.2 Å². The molecule has 3 rings (SSSR count). The van der Waals surface area contributed by atoms with Crippen LogP contribution in [0.4, 0.5) is 0 Å². The predicted octanol–water partition coefficient (Wildman–Crippen LogP) is 4.86. The summed E-state index contributed by atoms with van der Waals surface area (Å²) in [6.45, 7) is -0.202. The summed E-state index contributed by atoms with van der Waals surface area (Å²) in [7, 11) is 1.46. The van der Waals surface area contributed by atoms with E-state index in [2.05, 4.69) is 26.5 Å². The fraction of sp³-hybridized carbons (Fsp3) is 0.0870. The highest BCUT2D eigenvalue weighted by atomic mass is 79.9. The Kier molecular flexibility index (Phi) is 8.24. The molecule has 0 heterocycles. The molecule has 0 atom stereocenters. The summed E-state index contributed by atoms with van der Waals surface area (Å²) in [5.74, 6) is 0.178. The molecule has 0 aliphatic rings. The maximum absolute atomic E-state index is 12.4. The van der Waals surface area contributed by atoms with Gasteiger partial charge in [0.25, 0.3) is 5.91 Å². The molecule has 3 aromatic carbocycles. The van der Waals surface area contributed by atoms with Crippen LogP contribution in [0.3, 0.4) is 0 Å². The van der Waals surface area contributed by atoms with Gasteiger partial charge in [0.2, 0.25) is 0 Å². The number of carbonyl (C=O) groups excluding carboxylic acids is 2. The van der Waals surface area contributed by atoms with Crippen LogP contribution in [0.5, 0.6) is 17.2 Å². The highest BCUT2D eigenvalue weighted by molar-refractivity contribution is 9.10. The van der Waals surface area contributed by atoms with Crippen LogP contribution in [-0.2, 0) is 4.79 Å². The van der Waals surface area contributed by atoms with E-state index in [1.54, 1.807) is 60.7 Å². The molecule has 7 nitrogen and oxygen atoms in total. The molecule has 0 radical (unpaired) electrons. The number of hydrogen-bond donors (Lipinski definition) is 1. The number of rotatable bonds is 8. The van der Waals surface area contributed by atoms with Crippen molar-refractivity contribution in [2.24, 2.45) is 5.10 Å². The van der Waals surface area contributed by atoms with Crippen molar-refractivity contribution in [3.05, 3.63) is 87.4 Å². The van der Waals surface area contributed by atoms with Crippen LogP contribution in [0, 0.1) is 0 Å². The van der Waals surface area contributed by atoms with E-state index >= 15 is 0 Å². The Hall–Kier alpha value is -3.36. The normalized spacial score (nSPS) is 10.6. The average molecular weight is 518 g/mol. The molecule has 0 unspecified atom stereocenters. The molecular weight excluding hydrogens is 500 g/mol. The van der Waals surface area contributed by atoms with Gasteiger partial charge in [0.15, 0.2) is 18.1 Å². The number of esters is 1. The first-order chi connectivity index (χ1) is 15.4. The Bertz CT molecular complexity index is 1140. The second kappa shape index (κ2) is 11.3. The van der Waals surface area contributed by atoms with E-state index in [0.29, 0.717) is 27.6 Å². The molecule has 9 heteroatoms. The number of amides is 1. The zero-order valence-electron chi connectivity index (χ0n) is 16.9. The second-order valence-corrected chi connectivity index (χ2v) is 7.70. The smallest absolute Gasteiger partial charge is 0.343 e. The van der Waals surface area contributed by atoms with E-state index in [-0.39, 0.29) is 12.4 Å². The van der Waals surface area contributed by atoms with Crippen LogP contribution >= 0.6 is 27.5 Å². The van der Waals surface area contributed by atoms with Gasteiger partial charge in [0, 0.05) is 9.50 Å². The van der Waals surface area contributed by atoms with Gasteiger partial charge in [0.1, 0.15) is 5.75 Å². The van der Waals surface area contributed by atoms with E-state index in [1.165, 1.54) is 13.3 Å². The molecule has 0 spiro atoms. The zero-order valence-corrected chi connectivity index (χ0v) is 19.2. The standard InChI is InChI=1S/C23H18BrClN2O5/c1-30-21-11-15(5-10-20(21)32-23(29)16-3-2-4-17(24)12-16)13-26-27-22(28)14-31-19-8-6-18(25)7-9-19/h2-13H,14H2,1H3,(H,27,28)/b26-13+. The number of methoxy groups -OCH3 is 1. The fourth-order valence-corrected chi connectivity index (χ4v) is 3.04. The van der Waals surface area contributed by atoms with Crippen LogP contribution in [-0.4, -0.2) is 31.8 Å². The first-order valence-corrected chi connectivity index (χ1v) is 10.5. The quantitative estimate of drug-likeness (QED) is 0.200. The molecule has 164 valence electrons. The topological polar surface area (TPSA) is 86.2 Å². The lowest BCUT2D eigenvalue weighted by Gasteiger charge is -2.10. The fourth-order valence-electron chi connectivity index (χ4n) is 2.51. The molecule has 0 aliphatic carbocycles. The Balaban J connectivity index is 1.56. The molecule has 0 aromatic heterocycles. The lowest BCUT2D eigenvalue weighted by molar-refractivity contribution is -0.123. The minimum absolute atomic E-state index is 0.202. The molecule has 3 aromatic rings. The summed E-state index contributed by atoms with van der Waals surface area (Å²) in [6.07, 6.45) is 1.43. The number of carbonyl (C=O) groups is 2. The van der Waals surface area contributed by atoms with Crippen molar-refractivity contribution in [2.75, 3.05) is 13.7 Å². The lowest BCUT2D eigenvalue weighted by atomic mass is 10.2. The van der Waals surface area contributed by atoms with Crippen molar-refractivity contribution < 1.29 is 23.8 Å². The zero-order chi connectivity index (χ0) is 22.9. The summed E-state index contributed by atoms with van der Waals surface area (Å²) < 4.78 is 16.8. The highest BCUT2D eigenvalue weighted by Gasteiger charge is 2.13. The van der Waals surface area contributed by atoms with Gasteiger partial charge >= 0.3 is 5.97 Å². The number of ether oxygens (including phenoxy) is 3. The van der Waals surface area contributed by atoms with E-state index in [9.17, 15) is 9.59 Å². The Morgan fingerprint density at radius 2 is 1.84 bits per heavy atom. The van der Waals surface area contributed by atoms with Gasteiger partial charge in [-0.3, -0.25) is 4.79 Å². The van der Waals surface area contributed by atoms with Crippen LogP contribution in [0.2, 0.25) is 5.02 Å². The first-order valence-electron chi connectivity index (χ1n) is 9.30. The van der Waals surface area contributed by atoms with Gasteiger partial charge in [-0.1, -0.05) is 33.6 Å². The van der Waals surface area contributed by atoms with Crippen LogP contribution in [0.1, 0.15) is 15.9 Å². The van der Waals surface area contributed by atoms with Crippen molar-refractivity contribution >= 4 is 45.6 Å². The summed E-state index contributed by atoms with van der Waals surface area (Å²) >= 11 is 9.12. The van der Waals surface area contributed by atoms with Crippen molar-refractivity contribution in [1.82, 2.24) is 5.43 Å². The molecule has 1 amide bonds. The van der Waals surface area contributed by atoms with Crippen molar-refractivity contribution in [3.63, 3.8) is 0 Å². The number of nitrogens with one attached hydrogen (secondary N) is 1. The van der Waals surface area contributed by atoms with E-state index in [4.69, 9.17) is 25.8 Å². The molecule has 0 saturated carbocycles. The number of hydrogen-bond acceptors (Lipinski definition) is 6. The number of benzene rings is 3. The Morgan fingerprint density at radius 3 is 2.56 bits per heavy atom. The van der Waals surface area contributed by atoms with Crippen molar-refractivity contribution in [3.8, 4) is 17.2 Å². The predicted molar refractivity (Wildman–Crippen MR) is 125 cm³/mol. The molecule has 0 saturated heterocycles. The third-order valence-electron chi connectivity index (χ3n) is 4.04. The summed E-state index contributed by atoms with van der Waals surface area (Å²) in [6, 6.07) is 18.4. The van der Waals surface area contributed by atoms with Gasteiger partial charge in [-0.05, 0) is 66.2 Å². The largest absolute Gasteiger partial charge is 0.493 e. The number of nitrogens with zero attached hydrogens (tertiary/aromatic N) is 1. The van der Waals surface area contributed by atoms with Gasteiger partial charge in [0.05, 0.1) is 18.9 Å². The van der Waals surface area contributed by atoms with Gasteiger partial charge < -0.3 is 14.2 Å². The maximum atomic E-state index is 12.4. The second-order valence-electron chi connectivity index (χ2n) is 6.35. The van der Waals surface area contributed by atoms with E-state index < -0.39 is 11.9 Å². The molecule has 0 aliphatic heterocycles. The third-order valence-corrected chi connectivity index (χ3v) is 4.78. The minimum atomic E-state index is -0.515. The molecular formula is C23H18BrClN2O5. The van der Waals surface area contributed by atoms with Crippen LogP contribution < -0.4 is 19.6 Å². The Labute approximate surface area is 198 Å². The average Bonchev–Trinajstić information content (AvgIpc) is 2.79. The van der Waals surface area contributed by atoms with Crippen LogP contribution in [0.15, 0.2) is 76.3 Å². The molecule has 1 N–H and O–H groups in total. The van der Waals surface area contributed by atoms with E-state index in [1.807, 2.05) is 6.07 Å². The monoisotopic (exact) mass is 516 g/mol. The third kappa shape index (κ3) is 6.83. The first kappa shape index (κ1) is 23.3. The molecule has 0 fully saturated rings. The summed E-state index contributed by atoms with van der Waals surface area (Å²) in [5.41, 5.74) is 3.40. The van der Waals surface area contributed by atoms with Gasteiger partial charge in [-0.15, -0.1) is 0 Å². The van der Waals surface area contributed by atoms with Crippen molar-refractivity contribution in [2.45, 2.75) is 0 Å². The molecule has 0 bridgehead atoms. The Morgan fingerprint density at radius 1 is 1.06 bits per heavy atom. The van der Waals surface area contributed by atoms with Crippen molar-refractivity contribution in [1.29, 1.82) is 0 Å². The highest BCUT2D eigenvalue weighted by Crippen LogP contribution is 2.28. The minimum Gasteiger partial charge on any atom is -0.493 e. The van der Waals surface area contributed by atoms with Crippen LogP contribution in [0.25, 0.3) is 0 Å². The lowest BCUT2D eigenvalue weighted by Crippen LogP contribution is -2.24. The molecule has 32 heavy (non-hydrogen) atoms. The van der Waals surface area contributed by atoms with Gasteiger partial charge in [-0.2, -0.15) is 5.10 Å². The maximum Gasteiger partial charge on any atom is 0.343 e. The van der Waals surface area contributed by atoms with E-state index in [0.717, 1.165) is 4.47 Å².